The molecule has 14 heavy (non-hydrogen) atoms. The summed E-state index contributed by atoms with van der Waals surface area (Å²) in [5.41, 5.74) is 8.07. The van der Waals surface area contributed by atoms with Crippen molar-refractivity contribution in [1.29, 1.82) is 0 Å². The molecule has 2 aliphatic rings. The quantitative estimate of drug-likeness (QED) is 0.661. The van der Waals surface area contributed by atoms with Gasteiger partial charge >= 0.3 is 0 Å². The van der Waals surface area contributed by atoms with Crippen molar-refractivity contribution in [3.05, 3.63) is 18.2 Å². The maximum absolute atomic E-state index is 5.79. The van der Waals surface area contributed by atoms with Crippen molar-refractivity contribution in [3.63, 3.8) is 0 Å². The predicted octanol–water partition coefficient (Wildman–Crippen LogP) is 2.34. The Morgan fingerprint density at radius 3 is 3.29 bits per heavy atom. The molecule has 2 aliphatic heterocycles. The fraction of sp³-hybridized carbons (Fsp3) is 0.455. The van der Waals surface area contributed by atoms with E-state index >= 15 is 0 Å². The predicted molar refractivity (Wildman–Crippen MR) is 61.9 cm³/mol. The minimum absolute atomic E-state index is 0.774. The third kappa shape index (κ3) is 1.19. The van der Waals surface area contributed by atoms with Crippen molar-refractivity contribution >= 4 is 23.1 Å². The lowest BCUT2D eigenvalue weighted by molar-refractivity contribution is 0.732. The third-order valence-electron chi connectivity index (χ3n) is 3.10. The molecule has 1 fully saturated rings. The third-order valence-corrected chi connectivity index (χ3v) is 4.29. The van der Waals surface area contributed by atoms with Gasteiger partial charge in [0, 0.05) is 28.9 Å². The number of hydrogen-bond donors (Lipinski definition) is 1. The van der Waals surface area contributed by atoms with Gasteiger partial charge in [-0.15, -0.1) is 11.8 Å². The molecule has 2 heterocycles. The molecule has 2 nitrogen and oxygen atoms in total. The van der Waals surface area contributed by atoms with Gasteiger partial charge in [0.2, 0.25) is 0 Å². The summed E-state index contributed by atoms with van der Waals surface area (Å²) in [4.78, 5) is 3.91. The molecule has 1 saturated heterocycles. The smallest absolute Gasteiger partial charge is 0.0508 e. The average Bonchev–Trinajstić information content (AvgIpc) is 2.65. The van der Waals surface area contributed by atoms with Gasteiger partial charge in [-0.2, -0.15) is 0 Å². The van der Waals surface area contributed by atoms with Crippen LogP contribution in [-0.4, -0.2) is 18.3 Å². The van der Waals surface area contributed by atoms with Crippen molar-refractivity contribution in [3.8, 4) is 0 Å². The first-order chi connectivity index (χ1) is 6.84. The molecule has 0 aromatic heterocycles. The standard InChI is InChI=1S/C11H14N2S/c12-8-3-4-10-11(6-8)14-7-9-2-1-5-13(9)10/h3-4,6,9H,1-2,5,7,12H2. The molecule has 2 N–H and O–H groups in total. The Balaban J connectivity index is 2.05. The Morgan fingerprint density at radius 1 is 1.43 bits per heavy atom. The van der Waals surface area contributed by atoms with Crippen molar-refractivity contribution in [2.75, 3.05) is 22.9 Å². The Morgan fingerprint density at radius 2 is 2.36 bits per heavy atom. The fourth-order valence-electron chi connectivity index (χ4n) is 2.40. The number of hydrogen-bond acceptors (Lipinski definition) is 3. The molecular weight excluding hydrogens is 192 g/mol. The molecule has 3 heteroatoms. The monoisotopic (exact) mass is 206 g/mol. The highest BCUT2D eigenvalue weighted by molar-refractivity contribution is 7.99. The zero-order chi connectivity index (χ0) is 9.54. The van der Waals surface area contributed by atoms with Crippen molar-refractivity contribution < 1.29 is 0 Å². The van der Waals surface area contributed by atoms with E-state index in [1.165, 1.54) is 35.7 Å². The molecule has 0 saturated carbocycles. The summed E-state index contributed by atoms with van der Waals surface area (Å²) >= 11 is 1.96. The van der Waals surface area contributed by atoms with Crippen LogP contribution in [0.5, 0.6) is 0 Å². The van der Waals surface area contributed by atoms with Gasteiger partial charge in [0.05, 0.1) is 5.69 Å². The van der Waals surface area contributed by atoms with Gasteiger partial charge in [-0.1, -0.05) is 0 Å². The molecule has 3 rings (SSSR count). The second-order valence-electron chi connectivity index (χ2n) is 4.03. The van der Waals surface area contributed by atoms with Gasteiger partial charge in [-0.3, -0.25) is 0 Å². The number of thioether (sulfide) groups is 1. The Hall–Kier alpha value is -0.830. The van der Waals surface area contributed by atoms with E-state index in [1.807, 2.05) is 17.8 Å². The summed E-state index contributed by atoms with van der Waals surface area (Å²) in [5.74, 6) is 1.23. The van der Waals surface area contributed by atoms with Crippen LogP contribution in [0.1, 0.15) is 12.8 Å². The fourth-order valence-corrected chi connectivity index (χ4v) is 3.67. The van der Waals surface area contributed by atoms with E-state index < -0.39 is 0 Å². The summed E-state index contributed by atoms with van der Waals surface area (Å²) in [5, 5.41) is 0. The van der Waals surface area contributed by atoms with E-state index in [0.717, 1.165) is 11.7 Å². The van der Waals surface area contributed by atoms with Crippen LogP contribution in [0.4, 0.5) is 11.4 Å². The number of nitrogens with two attached hydrogens (primary N) is 1. The molecule has 0 spiro atoms. The van der Waals surface area contributed by atoms with E-state index in [4.69, 9.17) is 5.73 Å². The lowest BCUT2D eigenvalue weighted by Crippen LogP contribution is -2.34. The maximum atomic E-state index is 5.79. The van der Waals surface area contributed by atoms with Gasteiger partial charge < -0.3 is 10.6 Å². The average molecular weight is 206 g/mol. The normalized spacial score (nSPS) is 24.6. The molecule has 0 amide bonds. The van der Waals surface area contributed by atoms with E-state index in [-0.39, 0.29) is 0 Å². The van der Waals surface area contributed by atoms with Crippen LogP contribution in [0.15, 0.2) is 23.1 Å². The van der Waals surface area contributed by atoms with Gasteiger partial charge in [0.1, 0.15) is 0 Å². The number of rotatable bonds is 0. The van der Waals surface area contributed by atoms with Crippen molar-refractivity contribution in [1.82, 2.24) is 0 Å². The Kier molecular flexibility index (Phi) is 1.87. The highest BCUT2D eigenvalue weighted by Crippen LogP contribution is 2.41. The number of nitrogens with zero attached hydrogens (tertiary/aromatic N) is 1. The number of nitrogen functional groups attached to an aromatic ring is 1. The van der Waals surface area contributed by atoms with Crippen LogP contribution in [0.25, 0.3) is 0 Å². The lowest BCUT2D eigenvalue weighted by Gasteiger charge is -2.33. The molecule has 1 aromatic carbocycles. The summed E-state index contributed by atoms with van der Waals surface area (Å²) in [7, 11) is 0. The molecule has 1 atom stereocenters. The lowest BCUT2D eigenvalue weighted by atomic mass is 10.2. The van der Waals surface area contributed by atoms with Crippen LogP contribution >= 0.6 is 11.8 Å². The first-order valence-corrected chi connectivity index (χ1v) is 6.12. The molecular formula is C11H14N2S. The highest BCUT2D eigenvalue weighted by atomic mass is 32.2. The van der Waals surface area contributed by atoms with Crippen LogP contribution in [0.2, 0.25) is 0 Å². The van der Waals surface area contributed by atoms with Crippen LogP contribution < -0.4 is 10.6 Å². The first kappa shape index (κ1) is 8.48. The zero-order valence-corrected chi connectivity index (χ0v) is 8.89. The first-order valence-electron chi connectivity index (χ1n) is 5.13. The summed E-state index contributed by atoms with van der Waals surface area (Å²) < 4.78 is 0. The van der Waals surface area contributed by atoms with E-state index in [2.05, 4.69) is 17.0 Å². The molecule has 0 bridgehead atoms. The van der Waals surface area contributed by atoms with Crippen LogP contribution in [-0.2, 0) is 0 Å². The van der Waals surface area contributed by atoms with E-state index in [9.17, 15) is 0 Å². The SMILES string of the molecule is Nc1ccc2c(c1)SCC1CCCN21. The summed E-state index contributed by atoms with van der Waals surface area (Å²) in [6, 6.07) is 7.07. The number of benzene rings is 1. The van der Waals surface area contributed by atoms with Crippen molar-refractivity contribution in [2.24, 2.45) is 0 Å². The molecule has 1 aromatic rings. The molecule has 1 unspecified atom stereocenters. The molecule has 0 radical (unpaired) electrons. The topological polar surface area (TPSA) is 29.3 Å². The Labute approximate surface area is 88.5 Å². The van der Waals surface area contributed by atoms with E-state index in [1.54, 1.807) is 0 Å². The second kappa shape index (κ2) is 3.09. The second-order valence-corrected chi connectivity index (χ2v) is 5.09. The summed E-state index contributed by atoms with van der Waals surface area (Å²) in [6.07, 6.45) is 2.70. The maximum Gasteiger partial charge on any atom is 0.0508 e. The van der Waals surface area contributed by atoms with Crippen molar-refractivity contribution in [2.45, 2.75) is 23.8 Å². The minimum atomic E-state index is 0.774. The Bertz CT molecular complexity index is 364. The zero-order valence-electron chi connectivity index (χ0n) is 8.07. The van der Waals surface area contributed by atoms with Gasteiger partial charge in [0.25, 0.3) is 0 Å². The van der Waals surface area contributed by atoms with Crippen LogP contribution in [0.3, 0.4) is 0 Å². The number of fused-ring (bicyclic) bond motifs is 3. The van der Waals surface area contributed by atoms with Gasteiger partial charge in [-0.25, -0.2) is 0 Å². The van der Waals surface area contributed by atoms with Gasteiger partial charge in [-0.05, 0) is 31.0 Å². The molecule has 0 aliphatic carbocycles. The van der Waals surface area contributed by atoms with E-state index in [0.29, 0.717) is 0 Å². The van der Waals surface area contributed by atoms with Gasteiger partial charge in [0.15, 0.2) is 0 Å². The highest BCUT2D eigenvalue weighted by Gasteiger charge is 2.30. The molecule has 74 valence electrons. The van der Waals surface area contributed by atoms with Crippen LogP contribution in [0, 0.1) is 0 Å². The number of anilines is 2. The summed E-state index contributed by atoms with van der Waals surface area (Å²) in [6.45, 7) is 1.22. The largest absolute Gasteiger partial charge is 0.399 e. The minimum Gasteiger partial charge on any atom is -0.399 e.